The van der Waals surface area contributed by atoms with Gasteiger partial charge in [0.1, 0.15) is 0 Å². The lowest BCUT2D eigenvalue weighted by molar-refractivity contribution is 0.788. The van der Waals surface area contributed by atoms with Crippen LogP contribution < -0.4 is 0 Å². The number of hydrogen-bond donors (Lipinski definition) is 0. The van der Waals surface area contributed by atoms with Crippen LogP contribution in [0.1, 0.15) is 25.3 Å². The highest BCUT2D eigenvalue weighted by atomic mass is 14.4. The van der Waals surface area contributed by atoms with Crippen molar-refractivity contribution in [2.75, 3.05) is 0 Å². The summed E-state index contributed by atoms with van der Waals surface area (Å²) in [5.74, 6) is 0. The van der Waals surface area contributed by atoms with Crippen LogP contribution in [-0.4, -0.2) is 0 Å². The Hall–Kier alpha value is -1.56. The van der Waals surface area contributed by atoms with E-state index in [1.165, 1.54) is 29.5 Å². The fraction of sp³-hybridized carbons (Fsp3) is 0.250. The zero-order valence-corrected chi connectivity index (χ0v) is 9.61. The zero-order valence-electron chi connectivity index (χ0n) is 9.61. The van der Waals surface area contributed by atoms with Crippen LogP contribution in [0.2, 0.25) is 0 Å². The molecule has 16 heavy (non-hydrogen) atoms. The van der Waals surface area contributed by atoms with E-state index in [0.29, 0.717) is 5.41 Å². The van der Waals surface area contributed by atoms with Crippen molar-refractivity contribution in [2.24, 2.45) is 0 Å². The van der Waals surface area contributed by atoms with Crippen molar-refractivity contribution in [1.82, 2.24) is 0 Å². The molecule has 2 aromatic carbocycles. The van der Waals surface area contributed by atoms with Crippen LogP contribution in [0.3, 0.4) is 0 Å². The van der Waals surface area contributed by atoms with Gasteiger partial charge in [0.15, 0.2) is 0 Å². The van der Waals surface area contributed by atoms with E-state index in [0.717, 1.165) is 0 Å². The Morgan fingerprint density at radius 2 is 1.31 bits per heavy atom. The van der Waals surface area contributed by atoms with E-state index in [1.54, 1.807) is 0 Å². The molecule has 0 aliphatic heterocycles. The first-order chi connectivity index (χ1) is 7.78. The molecule has 0 heteroatoms. The molecule has 3 rings (SSSR count). The molecule has 0 spiro atoms. The minimum absolute atomic E-state index is 0.481. The summed E-state index contributed by atoms with van der Waals surface area (Å²) in [7, 11) is 0. The molecule has 2 aromatic rings. The first-order valence-electron chi connectivity index (χ1n) is 5.94. The summed E-state index contributed by atoms with van der Waals surface area (Å²) in [6.07, 6.45) is 2.69. The highest BCUT2D eigenvalue weighted by Crippen LogP contribution is 2.47. The molecule has 0 radical (unpaired) electrons. The monoisotopic (exact) mass is 208 g/mol. The molecule has 0 unspecified atom stereocenters. The number of hydrogen-bond acceptors (Lipinski definition) is 0. The normalized spacial score (nSPS) is 17.1. The van der Waals surface area contributed by atoms with Gasteiger partial charge in [0.25, 0.3) is 0 Å². The second kappa shape index (κ2) is 3.48. The van der Waals surface area contributed by atoms with Crippen molar-refractivity contribution in [3.8, 4) is 11.1 Å². The molecule has 0 atom stereocenters. The predicted molar refractivity (Wildman–Crippen MR) is 68.5 cm³/mol. The van der Waals surface area contributed by atoms with Crippen LogP contribution in [0, 0.1) is 0 Å². The largest absolute Gasteiger partial charge is 0.0622 e. The third-order valence-corrected chi connectivity index (χ3v) is 3.69. The lowest BCUT2D eigenvalue weighted by Gasteiger charge is -2.09. The third-order valence-electron chi connectivity index (χ3n) is 3.69. The van der Waals surface area contributed by atoms with Crippen LogP contribution in [0.15, 0.2) is 54.6 Å². The molecular formula is C16H16. The SMILES string of the molecule is CC1(c2ccc(-c3ccccc3)cc2)CC1. The van der Waals surface area contributed by atoms with Crippen LogP contribution in [0.4, 0.5) is 0 Å². The van der Waals surface area contributed by atoms with Gasteiger partial charge in [-0.2, -0.15) is 0 Å². The van der Waals surface area contributed by atoms with Gasteiger partial charge >= 0.3 is 0 Å². The summed E-state index contributed by atoms with van der Waals surface area (Å²) in [4.78, 5) is 0. The molecule has 1 saturated carbocycles. The summed E-state index contributed by atoms with van der Waals surface area (Å²) in [6, 6.07) is 19.6. The standard InChI is InChI=1S/C16H16/c1-16(11-12-16)15-9-7-14(8-10-15)13-5-3-2-4-6-13/h2-10H,11-12H2,1H3. The lowest BCUT2D eigenvalue weighted by Crippen LogP contribution is -1.98. The van der Waals surface area contributed by atoms with Crippen molar-refractivity contribution in [1.29, 1.82) is 0 Å². The van der Waals surface area contributed by atoms with Gasteiger partial charge in [-0.15, -0.1) is 0 Å². The maximum absolute atomic E-state index is 2.35. The maximum Gasteiger partial charge on any atom is -0.00746 e. The van der Waals surface area contributed by atoms with Gasteiger partial charge in [-0.1, -0.05) is 61.5 Å². The Morgan fingerprint density at radius 1 is 0.750 bits per heavy atom. The quantitative estimate of drug-likeness (QED) is 0.686. The summed E-state index contributed by atoms with van der Waals surface area (Å²) < 4.78 is 0. The van der Waals surface area contributed by atoms with Gasteiger partial charge in [-0.25, -0.2) is 0 Å². The highest BCUT2D eigenvalue weighted by Gasteiger charge is 2.38. The van der Waals surface area contributed by atoms with Crippen molar-refractivity contribution in [3.63, 3.8) is 0 Å². The molecule has 0 bridgehead atoms. The van der Waals surface area contributed by atoms with Crippen LogP contribution in [-0.2, 0) is 5.41 Å². The van der Waals surface area contributed by atoms with E-state index >= 15 is 0 Å². The topological polar surface area (TPSA) is 0 Å². The molecule has 1 aliphatic carbocycles. The first kappa shape index (κ1) is 9.65. The number of benzene rings is 2. The van der Waals surface area contributed by atoms with E-state index < -0.39 is 0 Å². The zero-order chi connectivity index (χ0) is 11.0. The van der Waals surface area contributed by atoms with E-state index in [-0.39, 0.29) is 0 Å². The molecule has 0 aromatic heterocycles. The van der Waals surface area contributed by atoms with Gasteiger partial charge in [0, 0.05) is 0 Å². The van der Waals surface area contributed by atoms with Crippen molar-refractivity contribution >= 4 is 0 Å². The summed E-state index contributed by atoms with van der Waals surface area (Å²) >= 11 is 0. The van der Waals surface area contributed by atoms with E-state index in [2.05, 4.69) is 61.5 Å². The predicted octanol–water partition coefficient (Wildman–Crippen LogP) is 4.41. The fourth-order valence-electron chi connectivity index (χ4n) is 2.17. The van der Waals surface area contributed by atoms with Crippen molar-refractivity contribution in [3.05, 3.63) is 60.2 Å². The molecule has 80 valence electrons. The summed E-state index contributed by atoms with van der Waals surface area (Å²) in [5.41, 5.74) is 4.59. The average molecular weight is 208 g/mol. The Morgan fingerprint density at radius 3 is 1.88 bits per heavy atom. The average Bonchev–Trinajstić information content (AvgIpc) is 3.10. The second-order valence-corrected chi connectivity index (χ2v) is 5.00. The Bertz CT molecular complexity index is 475. The van der Waals surface area contributed by atoms with E-state index in [9.17, 15) is 0 Å². The van der Waals surface area contributed by atoms with Crippen molar-refractivity contribution in [2.45, 2.75) is 25.2 Å². The molecule has 0 amide bonds. The van der Waals surface area contributed by atoms with Crippen LogP contribution in [0.5, 0.6) is 0 Å². The summed E-state index contributed by atoms with van der Waals surface area (Å²) in [6.45, 7) is 2.35. The lowest BCUT2D eigenvalue weighted by atomic mass is 9.95. The van der Waals surface area contributed by atoms with Gasteiger partial charge in [0.05, 0.1) is 0 Å². The fourth-order valence-corrected chi connectivity index (χ4v) is 2.17. The second-order valence-electron chi connectivity index (χ2n) is 5.00. The van der Waals surface area contributed by atoms with E-state index in [4.69, 9.17) is 0 Å². The third kappa shape index (κ3) is 1.65. The molecule has 0 N–H and O–H groups in total. The minimum Gasteiger partial charge on any atom is -0.0622 e. The van der Waals surface area contributed by atoms with Crippen LogP contribution in [0.25, 0.3) is 11.1 Å². The smallest absolute Gasteiger partial charge is 0.00746 e. The first-order valence-corrected chi connectivity index (χ1v) is 5.94. The van der Waals surface area contributed by atoms with E-state index in [1.807, 2.05) is 0 Å². The Labute approximate surface area is 96.9 Å². The van der Waals surface area contributed by atoms with Crippen LogP contribution >= 0.6 is 0 Å². The molecule has 1 aliphatic rings. The molecule has 1 fully saturated rings. The molecular weight excluding hydrogens is 192 g/mol. The van der Waals surface area contributed by atoms with Gasteiger partial charge in [-0.3, -0.25) is 0 Å². The highest BCUT2D eigenvalue weighted by molar-refractivity contribution is 5.63. The van der Waals surface area contributed by atoms with Gasteiger partial charge in [-0.05, 0) is 34.9 Å². The van der Waals surface area contributed by atoms with Crippen molar-refractivity contribution < 1.29 is 0 Å². The minimum atomic E-state index is 0.481. The molecule has 0 saturated heterocycles. The van der Waals surface area contributed by atoms with Gasteiger partial charge in [0.2, 0.25) is 0 Å². The maximum atomic E-state index is 2.35. The Balaban J connectivity index is 1.94. The van der Waals surface area contributed by atoms with Gasteiger partial charge < -0.3 is 0 Å². The summed E-state index contributed by atoms with van der Waals surface area (Å²) in [5, 5.41) is 0. The Kier molecular flexibility index (Phi) is 2.10. The molecule has 0 heterocycles. The number of rotatable bonds is 2. The molecule has 0 nitrogen and oxygen atoms in total.